The molecule has 1 aromatic carbocycles. The Balaban J connectivity index is 2.09. The van der Waals surface area contributed by atoms with Gasteiger partial charge in [0.15, 0.2) is 0 Å². The first-order chi connectivity index (χ1) is 11.5. The number of likely N-dealkylation sites (N-methyl/N-ethyl adjacent to an activating group) is 1. The van der Waals surface area contributed by atoms with Gasteiger partial charge in [0, 0.05) is 19.2 Å². The van der Waals surface area contributed by atoms with E-state index >= 15 is 0 Å². The van der Waals surface area contributed by atoms with E-state index in [1.165, 1.54) is 0 Å². The van der Waals surface area contributed by atoms with Gasteiger partial charge in [0.2, 0.25) is 5.91 Å². The largest absolute Gasteiger partial charge is 0.340 e. The molecule has 24 heavy (non-hydrogen) atoms. The van der Waals surface area contributed by atoms with Crippen LogP contribution in [0.2, 0.25) is 0 Å². The summed E-state index contributed by atoms with van der Waals surface area (Å²) in [6.45, 7) is 4.57. The van der Waals surface area contributed by atoms with Crippen molar-refractivity contribution in [3.63, 3.8) is 0 Å². The standard InChI is InChI=1S/C19H24N2O2S/c1-4-14(2)17(20-18(22)16-8-6-5-7-9-16)19(23)21(3)12-15-10-11-24-13-15/h5-11,13-14,17H,4,12H2,1-3H3,(H,20,22)/t14-,17+/m0/s1. The SMILES string of the molecule is CC[C@H](C)[C@@H](NC(=O)c1ccccc1)C(=O)N(C)Cc1ccsc1. The lowest BCUT2D eigenvalue weighted by molar-refractivity contribution is -0.133. The Morgan fingerprint density at radius 1 is 1.21 bits per heavy atom. The van der Waals surface area contributed by atoms with Crippen LogP contribution in [0.15, 0.2) is 47.2 Å². The van der Waals surface area contributed by atoms with Crippen molar-refractivity contribution >= 4 is 23.2 Å². The fraction of sp³-hybridized carbons (Fsp3) is 0.368. The van der Waals surface area contributed by atoms with Gasteiger partial charge in [-0.25, -0.2) is 0 Å². The normalized spacial score (nSPS) is 13.1. The molecule has 0 spiro atoms. The van der Waals surface area contributed by atoms with E-state index in [1.54, 1.807) is 35.4 Å². The number of rotatable bonds is 7. The lowest BCUT2D eigenvalue weighted by Crippen LogP contribution is -2.50. The molecule has 1 heterocycles. The zero-order valence-electron chi connectivity index (χ0n) is 14.4. The van der Waals surface area contributed by atoms with E-state index in [0.717, 1.165) is 12.0 Å². The maximum absolute atomic E-state index is 12.9. The first kappa shape index (κ1) is 18.2. The first-order valence-electron chi connectivity index (χ1n) is 8.15. The molecule has 0 radical (unpaired) electrons. The van der Waals surface area contributed by atoms with Crippen LogP contribution in [0.3, 0.4) is 0 Å². The summed E-state index contributed by atoms with van der Waals surface area (Å²) in [6.07, 6.45) is 0.817. The Bertz CT molecular complexity index is 655. The molecule has 5 heteroatoms. The number of benzene rings is 1. The van der Waals surface area contributed by atoms with E-state index in [0.29, 0.717) is 12.1 Å². The predicted octanol–water partition coefficient (Wildman–Crippen LogP) is 3.55. The summed E-state index contributed by atoms with van der Waals surface area (Å²) >= 11 is 1.61. The third-order valence-corrected chi connectivity index (χ3v) is 4.91. The average Bonchev–Trinajstić information content (AvgIpc) is 3.11. The van der Waals surface area contributed by atoms with Gasteiger partial charge >= 0.3 is 0 Å². The van der Waals surface area contributed by atoms with Gasteiger partial charge in [0.25, 0.3) is 5.91 Å². The molecule has 1 N–H and O–H groups in total. The van der Waals surface area contributed by atoms with Crippen LogP contribution in [-0.4, -0.2) is 29.8 Å². The van der Waals surface area contributed by atoms with Gasteiger partial charge in [-0.2, -0.15) is 11.3 Å². The Kier molecular flexibility index (Phi) is 6.55. The van der Waals surface area contributed by atoms with Gasteiger partial charge in [-0.05, 0) is 40.4 Å². The van der Waals surface area contributed by atoms with E-state index in [4.69, 9.17) is 0 Å². The van der Waals surface area contributed by atoms with Crippen LogP contribution in [0.1, 0.15) is 36.2 Å². The quantitative estimate of drug-likeness (QED) is 0.835. The molecule has 2 aromatic rings. The second-order valence-corrected chi connectivity index (χ2v) is 6.81. The molecule has 0 saturated carbocycles. The topological polar surface area (TPSA) is 49.4 Å². The number of carbonyl (C=O) groups is 2. The number of hydrogen-bond donors (Lipinski definition) is 1. The van der Waals surface area contributed by atoms with E-state index in [-0.39, 0.29) is 17.7 Å². The number of nitrogens with zero attached hydrogens (tertiary/aromatic N) is 1. The highest BCUT2D eigenvalue weighted by Crippen LogP contribution is 2.14. The van der Waals surface area contributed by atoms with E-state index in [1.807, 2.05) is 48.9 Å². The number of amides is 2. The Morgan fingerprint density at radius 3 is 2.50 bits per heavy atom. The van der Waals surface area contributed by atoms with Gasteiger partial charge in [0.1, 0.15) is 6.04 Å². The minimum atomic E-state index is -0.522. The van der Waals surface area contributed by atoms with Crippen molar-refractivity contribution in [2.24, 2.45) is 5.92 Å². The molecule has 0 aliphatic rings. The highest BCUT2D eigenvalue weighted by molar-refractivity contribution is 7.07. The minimum Gasteiger partial charge on any atom is -0.340 e. The lowest BCUT2D eigenvalue weighted by Gasteiger charge is -2.28. The van der Waals surface area contributed by atoms with Crippen molar-refractivity contribution in [1.82, 2.24) is 10.2 Å². The molecule has 0 bridgehead atoms. The number of nitrogens with one attached hydrogen (secondary N) is 1. The molecular formula is C19H24N2O2S. The summed E-state index contributed by atoms with van der Waals surface area (Å²) in [7, 11) is 1.78. The van der Waals surface area contributed by atoms with Crippen LogP contribution in [0.25, 0.3) is 0 Å². The van der Waals surface area contributed by atoms with E-state index in [9.17, 15) is 9.59 Å². The highest BCUT2D eigenvalue weighted by Gasteiger charge is 2.28. The van der Waals surface area contributed by atoms with Crippen molar-refractivity contribution in [3.05, 3.63) is 58.3 Å². The van der Waals surface area contributed by atoms with Crippen molar-refractivity contribution in [2.45, 2.75) is 32.9 Å². The minimum absolute atomic E-state index is 0.0557. The van der Waals surface area contributed by atoms with Crippen LogP contribution in [0.5, 0.6) is 0 Å². The van der Waals surface area contributed by atoms with Crippen LogP contribution in [0, 0.1) is 5.92 Å². The molecular weight excluding hydrogens is 320 g/mol. The summed E-state index contributed by atoms with van der Waals surface area (Å²) in [5, 5.41) is 6.95. The van der Waals surface area contributed by atoms with E-state index < -0.39 is 6.04 Å². The molecule has 4 nitrogen and oxygen atoms in total. The summed E-state index contributed by atoms with van der Waals surface area (Å²) in [4.78, 5) is 27.0. The summed E-state index contributed by atoms with van der Waals surface area (Å²) in [6, 6.07) is 10.5. The lowest BCUT2D eigenvalue weighted by atomic mass is 9.97. The summed E-state index contributed by atoms with van der Waals surface area (Å²) in [5.74, 6) is -0.201. The monoisotopic (exact) mass is 344 g/mol. The van der Waals surface area contributed by atoms with Gasteiger partial charge in [0.05, 0.1) is 0 Å². The van der Waals surface area contributed by atoms with Crippen LogP contribution in [0.4, 0.5) is 0 Å². The zero-order valence-corrected chi connectivity index (χ0v) is 15.2. The van der Waals surface area contributed by atoms with Crippen molar-refractivity contribution in [3.8, 4) is 0 Å². The van der Waals surface area contributed by atoms with Gasteiger partial charge in [-0.3, -0.25) is 9.59 Å². The molecule has 0 aliphatic heterocycles. The molecule has 2 atom stereocenters. The van der Waals surface area contributed by atoms with Crippen molar-refractivity contribution in [2.75, 3.05) is 7.05 Å². The second kappa shape index (κ2) is 8.64. The van der Waals surface area contributed by atoms with Gasteiger partial charge in [-0.15, -0.1) is 0 Å². The average molecular weight is 344 g/mol. The number of hydrogen-bond acceptors (Lipinski definition) is 3. The van der Waals surface area contributed by atoms with Crippen molar-refractivity contribution in [1.29, 1.82) is 0 Å². The molecule has 2 amide bonds. The molecule has 1 aromatic heterocycles. The molecule has 0 aliphatic carbocycles. The van der Waals surface area contributed by atoms with Crippen LogP contribution in [-0.2, 0) is 11.3 Å². The first-order valence-corrected chi connectivity index (χ1v) is 9.09. The Hall–Kier alpha value is -2.14. The maximum atomic E-state index is 12.9. The van der Waals surface area contributed by atoms with Crippen LogP contribution >= 0.6 is 11.3 Å². The van der Waals surface area contributed by atoms with E-state index in [2.05, 4.69) is 5.32 Å². The maximum Gasteiger partial charge on any atom is 0.251 e. The molecule has 0 saturated heterocycles. The van der Waals surface area contributed by atoms with Crippen LogP contribution < -0.4 is 5.32 Å². The number of thiophene rings is 1. The fourth-order valence-corrected chi connectivity index (χ4v) is 3.13. The summed E-state index contributed by atoms with van der Waals surface area (Å²) < 4.78 is 0. The second-order valence-electron chi connectivity index (χ2n) is 6.03. The third kappa shape index (κ3) is 4.68. The van der Waals surface area contributed by atoms with Gasteiger partial charge < -0.3 is 10.2 Å². The number of carbonyl (C=O) groups excluding carboxylic acids is 2. The Morgan fingerprint density at radius 2 is 1.92 bits per heavy atom. The molecule has 0 fully saturated rings. The molecule has 0 unspecified atom stereocenters. The van der Waals surface area contributed by atoms with Gasteiger partial charge in [-0.1, -0.05) is 38.5 Å². The predicted molar refractivity (Wildman–Crippen MR) is 97.9 cm³/mol. The zero-order chi connectivity index (χ0) is 17.5. The third-order valence-electron chi connectivity index (χ3n) is 4.18. The highest BCUT2D eigenvalue weighted by atomic mass is 32.1. The smallest absolute Gasteiger partial charge is 0.251 e. The fourth-order valence-electron chi connectivity index (χ4n) is 2.47. The molecule has 2 rings (SSSR count). The Labute approximate surface area is 147 Å². The molecule has 128 valence electrons. The van der Waals surface area contributed by atoms with Crippen molar-refractivity contribution < 1.29 is 9.59 Å². The summed E-state index contributed by atoms with van der Waals surface area (Å²) in [5.41, 5.74) is 1.67.